The molecule has 2 N–H and O–H groups in total. The van der Waals surface area contributed by atoms with E-state index in [0.717, 1.165) is 6.42 Å². The van der Waals surface area contributed by atoms with E-state index in [1.165, 1.54) is 0 Å². The summed E-state index contributed by atoms with van der Waals surface area (Å²) in [5.74, 6) is -0.136. The lowest BCUT2D eigenvalue weighted by Gasteiger charge is -2.12. The van der Waals surface area contributed by atoms with Gasteiger partial charge in [0.1, 0.15) is 5.56 Å². The van der Waals surface area contributed by atoms with Gasteiger partial charge in [-0.25, -0.2) is 0 Å². The Bertz CT molecular complexity index is 867. The number of carbonyl (C=O) groups excluding carboxylic acids is 2. The fourth-order valence-electron chi connectivity index (χ4n) is 2.68. The lowest BCUT2D eigenvalue weighted by molar-refractivity contribution is 0.0955. The highest BCUT2D eigenvalue weighted by Crippen LogP contribution is 2.12. The molecule has 6 nitrogen and oxygen atoms in total. The summed E-state index contributed by atoms with van der Waals surface area (Å²) < 4.78 is 1.58. The van der Waals surface area contributed by atoms with Gasteiger partial charge in [0.05, 0.1) is 0 Å². The van der Waals surface area contributed by atoms with E-state index in [1.54, 1.807) is 48.0 Å². The summed E-state index contributed by atoms with van der Waals surface area (Å²) in [5.41, 5.74) is 1.55. The van der Waals surface area contributed by atoms with Crippen LogP contribution in [0.4, 0.5) is 5.69 Å². The molecule has 144 valence electrons. The molecular weight excluding hydrogens is 342 g/mol. The number of amides is 2. The molecule has 0 fully saturated rings. The van der Waals surface area contributed by atoms with E-state index in [0.29, 0.717) is 35.8 Å². The number of carbonyl (C=O) groups is 2. The van der Waals surface area contributed by atoms with E-state index in [4.69, 9.17) is 0 Å². The number of aromatic nitrogens is 1. The van der Waals surface area contributed by atoms with Crippen molar-refractivity contribution < 1.29 is 9.59 Å². The van der Waals surface area contributed by atoms with Crippen molar-refractivity contribution in [2.45, 2.75) is 40.7 Å². The zero-order chi connectivity index (χ0) is 20.0. The zero-order valence-electron chi connectivity index (χ0n) is 16.3. The molecule has 1 aromatic heterocycles. The fourth-order valence-corrected chi connectivity index (χ4v) is 2.68. The standard InChI is InChI=1S/C21H27N3O3/c1-5-22-19(25)16-6-8-17(9-7-16)23-20(26)18-15(4)11-13-24(21(18)27)12-10-14(2)3/h6-9,11,13-14H,5,10,12H2,1-4H3,(H,22,25)(H,23,26). The normalized spacial score (nSPS) is 10.7. The van der Waals surface area contributed by atoms with Gasteiger partial charge >= 0.3 is 0 Å². The van der Waals surface area contributed by atoms with E-state index in [2.05, 4.69) is 24.5 Å². The molecule has 0 saturated heterocycles. The lowest BCUT2D eigenvalue weighted by Crippen LogP contribution is -2.30. The maximum Gasteiger partial charge on any atom is 0.263 e. The Balaban J connectivity index is 2.19. The third-order valence-electron chi connectivity index (χ3n) is 4.29. The van der Waals surface area contributed by atoms with Gasteiger partial charge in [-0.05, 0) is 62.1 Å². The molecule has 0 spiro atoms. The highest BCUT2D eigenvalue weighted by Gasteiger charge is 2.16. The molecule has 0 unspecified atom stereocenters. The van der Waals surface area contributed by atoms with Crippen LogP contribution in [0, 0.1) is 12.8 Å². The molecule has 0 aliphatic heterocycles. The van der Waals surface area contributed by atoms with Crippen molar-refractivity contribution in [1.29, 1.82) is 0 Å². The van der Waals surface area contributed by atoms with Crippen LogP contribution in [-0.2, 0) is 6.54 Å². The summed E-state index contributed by atoms with van der Waals surface area (Å²) in [6.45, 7) is 8.92. The second-order valence-electron chi connectivity index (χ2n) is 6.95. The Morgan fingerprint density at radius 1 is 1.07 bits per heavy atom. The van der Waals surface area contributed by atoms with E-state index < -0.39 is 5.91 Å². The predicted octanol–water partition coefficient (Wildman–Crippen LogP) is 3.20. The maximum absolute atomic E-state index is 12.7. The van der Waals surface area contributed by atoms with Gasteiger partial charge in [-0.3, -0.25) is 14.4 Å². The second-order valence-corrected chi connectivity index (χ2v) is 6.95. The Morgan fingerprint density at radius 2 is 1.74 bits per heavy atom. The largest absolute Gasteiger partial charge is 0.352 e. The summed E-state index contributed by atoms with van der Waals surface area (Å²) in [4.78, 5) is 37.2. The van der Waals surface area contributed by atoms with Crippen LogP contribution in [0.15, 0.2) is 41.3 Å². The first-order valence-electron chi connectivity index (χ1n) is 9.23. The highest BCUT2D eigenvalue weighted by atomic mass is 16.2. The van der Waals surface area contributed by atoms with Gasteiger partial charge in [0, 0.05) is 30.5 Å². The molecule has 27 heavy (non-hydrogen) atoms. The molecule has 0 radical (unpaired) electrons. The maximum atomic E-state index is 12.7. The van der Waals surface area contributed by atoms with E-state index in [-0.39, 0.29) is 17.0 Å². The van der Waals surface area contributed by atoms with Crippen LogP contribution in [0.5, 0.6) is 0 Å². The quantitative estimate of drug-likeness (QED) is 0.786. The average Bonchev–Trinajstić information content (AvgIpc) is 2.61. The minimum absolute atomic E-state index is 0.147. The third-order valence-corrected chi connectivity index (χ3v) is 4.29. The van der Waals surface area contributed by atoms with Crippen molar-refractivity contribution in [3.63, 3.8) is 0 Å². The third kappa shape index (κ3) is 5.29. The molecule has 1 aromatic carbocycles. The zero-order valence-corrected chi connectivity index (χ0v) is 16.3. The van der Waals surface area contributed by atoms with Crippen LogP contribution < -0.4 is 16.2 Å². The van der Waals surface area contributed by atoms with Crippen molar-refractivity contribution in [3.05, 3.63) is 63.6 Å². The summed E-state index contributed by atoms with van der Waals surface area (Å²) in [7, 11) is 0. The van der Waals surface area contributed by atoms with Crippen molar-refractivity contribution in [2.75, 3.05) is 11.9 Å². The van der Waals surface area contributed by atoms with Gasteiger partial charge in [0.25, 0.3) is 17.4 Å². The first-order chi connectivity index (χ1) is 12.8. The van der Waals surface area contributed by atoms with Gasteiger partial charge in [0.2, 0.25) is 0 Å². The van der Waals surface area contributed by atoms with Gasteiger partial charge in [-0.15, -0.1) is 0 Å². The first-order valence-corrected chi connectivity index (χ1v) is 9.23. The van der Waals surface area contributed by atoms with Gasteiger partial charge < -0.3 is 15.2 Å². The van der Waals surface area contributed by atoms with Crippen molar-refractivity contribution in [3.8, 4) is 0 Å². The van der Waals surface area contributed by atoms with Crippen molar-refractivity contribution in [2.24, 2.45) is 5.92 Å². The Hall–Kier alpha value is -2.89. The monoisotopic (exact) mass is 369 g/mol. The lowest BCUT2D eigenvalue weighted by atomic mass is 10.1. The molecule has 0 aliphatic carbocycles. The minimum Gasteiger partial charge on any atom is -0.352 e. The topological polar surface area (TPSA) is 80.2 Å². The van der Waals surface area contributed by atoms with E-state index >= 15 is 0 Å². The molecule has 0 aliphatic rings. The summed E-state index contributed by atoms with van der Waals surface area (Å²) in [6.07, 6.45) is 2.60. The molecule has 2 rings (SSSR count). The molecule has 2 aromatic rings. The molecule has 0 saturated carbocycles. The van der Waals surface area contributed by atoms with E-state index in [1.807, 2.05) is 6.92 Å². The number of hydrogen-bond donors (Lipinski definition) is 2. The Morgan fingerprint density at radius 3 is 2.33 bits per heavy atom. The second kappa shape index (κ2) is 9.16. The number of nitrogens with one attached hydrogen (secondary N) is 2. The summed E-state index contributed by atoms with van der Waals surface area (Å²) >= 11 is 0. The number of nitrogens with zero attached hydrogens (tertiary/aromatic N) is 1. The summed E-state index contributed by atoms with van der Waals surface area (Å²) in [5, 5.41) is 5.46. The Kier molecular flexibility index (Phi) is 6.93. The number of pyridine rings is 1. The fraction of sp³-hybridized carbons (Fsp3) is 0.381. The van der Waals surface area contributed by atoms with Crippen LogP contribution >= 0.6 is 0 Å². The van der Waals surface area contributed by atoms with E-state index in [9.17, 15) is 14.4 Å². The van der Waals surface area contributed by atoms with Crippen LogP contribution in [0.3, 0.4) is 0 Å². The molecule has 2 amide bonds. The predicted molar refractivity (Wildman–Crippen MR) is 107 cm³/mol. The van der Waals surface area contributed by atoms with Crippen LogP contribution in [0.2, 0.25) is 0 Å². The van der Waals surface area contributed by atoms with Gasteiger partial charge in [-0.1, -0.05) is 13.8 Å². The number of hydrogen-bond acceptors (Lipinski definition) is 3. The molecule has 1 heterocycles. The molecule has 0 bridgehead atoms. The minimum atomic E-state index is -0.442. The average molecular weight is 369 g/mol. The first kappa shape index (κ1) is 20.4. The Labute approximate surface area is 159 Å². The smallest absolute Gasteiger partial charge is 0.263 e. The highest BCUT2D eigenvalue weighted by molar-refractivity contribution is 6.05. The van der Waals surface area contributed by atoms with Gasteiger partial charge in [0.15, 0.2) is 0 Å². The molecule has 6 heteroatoms. The molecule has 0 atom stereocenters. The summed E-state index contributed by atoms with van der Waals surface area (Å²) in [6, 6.07) is 8.36. The SMILES string of the molecule is CCNC(=O)c1ccc(NC(=O)c2c(C)ccn(CCC(C)C)c2=O)cc1. The number of rotatable bonds is 7. The molecular formula is C21H27N3O3. The number of benzene rings is 1. The van der Waals surface area contributed by atoms with Crippen LogP contribution in [0.25, 0.3) is 0 Å². The van der Waals surface area contributed by atoms with Crippen molar-refractivity contribution >= 4 is 17.5 Å². The van der Waals surface area contributed by atoms with Crippen molar-refractivity contribution in [1.82, 2.24) is 9.88 Å². The van der Waals surface area contributed by atoms with Gasteiger partial charge in [-0.2, -0.15) is 0 Å². The number of aryl methyl sites for hydroxylation is 2. The van der Waals surface area contributed by atoms with Crippen LogP contribution in [0.1, 0.15) is 53.5 Å². The van der Waals surface area contributed by atoms with Crippen LogP contribution in [-0.4, -0.2) is 22.9 Å². The number of anilines is 1.